The first-order chi connectivity index (χ1) is 8.72. The number of hydrogen-bond acceptors (Lipinski definition) is 3. The molecular weight excluding hydrogens is 224 g/mol. The van der Waals surface area contributed by atoms with Gasteiger partial charge in [-0.05, 0) is 45.7 Å². The third-order valence-corrected chi connectivity index (χ3v) is 3.64. The highest BCUT2D eigenvalue weighted by atomic mass is 16.5. The number of pyridine rings is 1. The zero-order valence-corrected chi connectivity index (χ0v) is 11.7. The molecule has 3 heteroatoms. The Labute approximate surface area is 110 Å². The van der Waals surface area contributed by atoms with E-state index in [1.54, 1.807) is 0 Å². The molecule has 1 aliphatic heterocycles. The lowest BCUT2D eigenvalue weighted by Crippen LogP contribution is -2.38. The average molecular weight is 248 g/mol. The van der Waals surface area contributed by atoms with Crippen LogP contribution in [-0.2, 0) is 0 Å². The molecule has 1 aliphatic rings. The molecule has 0 saturated carbocycles. The molecule has 1 fully saturated rings. The van der Waals surface area contributed by atoms with Crippen molar-refractivity contribution in [3.8, 4) is 5.88 Å². The van der Waals surface area contributed by atoms with E-state index in [2.05, 4.69) is 29.8 Å². The van der Waals surface area contributed by atoms with Gasteiger partial charge in [-0.3, -0.25) is 4.90 Å². The van der Waals surface area contributed by atoms with Crippen molar-refractivity contribution < 1.29 is 4.74 Å². The van der Waals surface area contributed by atoms with Gasteiger partial charge in [-0.25, -0.2) is 4.98 Å². The Morgan fingerprint density at radius 3 is 2.83 bits per heavy atom. The van der Waals surface area contributed by atoms with E-state index in [1.807, 2.05) is 19.2 Å². The first kappa shape index (κ1) is 13.3. The number of hydrogen-bond donors (Lipinski definition) is 0. The van der Waals surface area contributed by atoms with Gasteiger partial charge in [0.1, 0.15) is 0 Å². The minimum atomic E-state index is 0.530. The van der Waals surface area contributed by atoms with E-state index in [9.17, 15) is 0 Å². The Bertz CT molecular complexity index is 361. The van der Waals surface area contributed by atoms with E-state index in [1.165, 1.54) is 31.4 Å². The third kappa shape index (κ3) is 3.02. The van der Waals surface area contributed by atoms with Gasteiger partial charge in [0.25, 0.3) is 0 Å². The van der Waals surface area contributed by atoms with E-state index < -0.39 is 0 Å². The molecule has 0 amide bonds. The molecule has 100 valence electrons. The molecule has 0 N–H and O–H groups in total. The normalized spacial score (nSPS) is 21.2. The van der Waals surface area contributed by atoms with Crippen molar-refractivity contribution in [1.29, 1.82) is 0 Å². The summed E-state index contributed by atoms with van der Waals surface area (Å²) in [5.74, 6) is 0.730. The molecule has 1 saturated heterocycles. The molecule has 3 nitrogen and oxygen atoms in total. The second-order valence-electron chi connectivity index (χ2n) is 5.21. The largest absolute Gasteiger partial charge is 0.478 e. The van der Waals surface area contributed by atoms with Crippen LogP contribution >= 0.6 is 0 Å². The maximum absolute atomic E-state index is 5.40. The predicted molar refractivity (Wildman–Crippen MR) is 73.8 cm³/mol. The molecule has 0 unspecified atom stereocenters. The van der Waals surface area contributed by atoms with Crippen LogP contribution in [0.15, 0.2) is 18.3 Å². The molecule has 1 atom stereocenters. The predicted octanol–water partition coefficient (Wildman–Crippen LogP) is 3.42. The highest BCUT2D eigenvalue weighted by molar-refractivity contribution is 5.21. The minimum absolute atomic E-state index is 0.530. The monoisotopic (exact) mass is 248 g/mol. The number of ether oxygens (including phenoxy) is 1. The average Bonchev–Trinajstić information content (AvgIpc) is 2.40. The van der Waals surface area contributed by atoms with Crippen molar-refractivity contribution in [2.75, 3.05) is 13.2 Å². The third-order valence-electron chi connectivity index (χ3n) is 3.64. The first-order valence-electron chi connectivity index (χ1n) is 7.07. The molecule has 0 spiro atoms. The second-order valence-corrected chi connectivity index (χ2v) is 5.21. The summed E-state index contributed by atoms with van der Waals surface area (Å²) in [6.07, 6.45) is 5.87. The van der Waals surface area contributed by atoms with E-state index in [4.69, 9.17) is 4.74 Å². The standard InChI is InChI=1S/C15H24N2O/c1-4-18-15-9-8-13(11-16-15)14-7-5-6-10-17(14)12(2)3/h8-9,11-12,14H,4-7,10H2,1-3H3/t14-/m0/s1. The summed E-state index contributed by atoms with van der Waals surface area (Å²) in [6.45, 7) is 8.42. The fourth-order valence-electron chi connectivity index (χ4n) is 2.75. The lowest BCUT2D eigenvalue weighted by Gasteiger charge is -2.38. The Kier molecular flexibility index (Phi) is 4.59. The van der Waals surface area contributed by atoms with Crippen molar-refractivity contribution in [3.63, 3.8) is 0 Å². The molecule has 1 aromatic heterocycles. The summed E-state index contributed by atoms with van der Waals surface area (Å²) in [5.41, 5.74) is 1.33. The smallest absolute Gasteiger partial charge is 0.213 e. The Morgan fingerprint density at radius 1 is 1.39 bits per heavy atom. The van der Waals surface area contributed by atoms with Crippen molar-refractivity contribution in [1.82, 2.24) is 9.88 Å². The Balaban J connectivity index is 2.12. The van der Waals surface area contributed by atoms with Crippen molar-refractivity contribution in [2.45, 2.75) is 52.1 Å². The number of aromatic nitrogens is 1. The van der Waals surface area contributed by atoms with Gasteiger partial charge < -0.3 is 4.74 Å². The van der Waals surface area contributed by atoms with Crippen LogP contribution in [-0.4, -0.2) is 29.1 Å². The molecule has 2 rings (SSSR count). The van der Waals surface area contributed by atoms with Crippen molar-refractivity contribution >= 4 is 0 Å². The zero-order chi connectivity index (χ0) is 13.0. The van der Waals surface area contributed by atoms with Crippen molar-refractivity contribution in [2.24, 2.45) is 0 Å². The highest BCUT2D eigenvalue weighted by Gasteiger charge is 2.25. The summed E-state index contributed by atoms with van der Waals surface area (Å²) >= 11 is 0. The molecule has 0 aromatic carbocycles. The summed E-state index contributed by atoms with van der Waals surface area (Å²) in [4.78, 5) is 6.97. The van der Waals surface area contributed by atoms with Gasteiger partial charge in [-0.2, -0.15) is 0 Å². The Morgan fingerprint density at radius 2 is 2.22 bits per heavy atom. The van der Waals surface area contributed by atoms with Gasteiger partial charge in [0.2, 0.25) is 5.88 Å². The topological polar surface area (TPSA) is 25.4 Å². The fraction of sp³-hybridized carbons (Fsp3) is 0.667. The molecule has 0 radical (unpaired) electrons. The maximum Gasteiger partial charge on any atom is 0.213 e. The van der Waals surface area contributed by atoms with Gasteiger partial charge in [-0.1, -0.05) is 12.5 Å². The Hall–Kier alpha value is -1.09. The van der Waals surface area contributed by atoms with Gasteiger partial charge in [0.05, 0.1) is 6.61 Å². The molecule has 0 bridgehead atoms. The van der Waals surface area contributed by atoms with Crippen LogP contribution in [0.2, 0.25) is 0 Å². The van der Waals surface area contributed by atoms with Crippen LogP contribution in [0, 0.1) is 0 Å². The molecule has 18 heavy (non-hydrogen) atoms. The van der Waals surface area contributed by atoms with Gasteiger partial charge in [0.15, 0.2) is 0 Å². The summed E-state index contributed by atoms with van der Waals surface area (Å²) in [6, 6.07) is 5.29. The van der Waals surface area contributed by atoms with Crippen LogP contribution in [0.4, 0.5) is 0 Å². The molecule has 0 aliphatic carbocycles. The minimum Gasteiger partial charge on any atom is -0.478 e. The molecule has 2 heterocycles. The highest BCUT2D eigenvalue weighted by Crippen LogP contribution is 2.32. The number of likely N-dealkylation sites (tertiary alicyclic amines) is 1. The first-order valence-corrected chi connectivity index (χ1v) is 7.07. The SMILES string of the molecule is CCOc1ccc([C@@H]2CCCCN2C(C)C)cn1. The van der Waals surface area contributed by atoms with Gasteiger partial charge >= 0.3 is 0 Å². The van der Waals surface area contributed by atoms with Crippen LogP contribution < -0.4 is 4.74 Å². The zero-order valence-electron chi connectivity index (χ0n) is 11.7. The summed E-state index contributed by atoms with van der Waals surface area (Å²) in [5, 5.41) is 0. The van der Waals surface area contributed by atoms with E-state index in [0.29, 0.717) is 18.7 Å². The van der Waals surface area contributed by atoms with E-state index in [0.717, 1.165) is 5.88 Å². The van der Waals surface area contributed by atoms with Crippen LogP contribution in [0.3, 0.4) is 0 Å². The molecular formula is C15H24N2O. The number of rotatable bonds is 4. The molecule has 1 aromatic rings. The second kappa shape index (κ2) is 6.19. The quantitative estimate of drug-likeness (QED) is 0.816. The summed E-state index contributed by atoms with van der Waals surface area (Å²) < 4.78 is 5.40. The van der Waals surface area contributed by atoms with Crippen LogP contribution in [0.1, 0.15) is 51.6 Å². The van der Waals surface area contributed by atoms with Crippen molar-refractivity contribution in [3.05, 3.63) is 23.9 Å². The van der Waals surface area contributed by atoms with E-state index >= 15 is 0 Å². The van der Waals surface area contributed by atoms with Crippen LogP contribution in [0.25, 0.3) is 0 Å². The summed E-state index contributed by atoms with van der Waals surface area (Å²) in [7, 11) is 0. The maximum atomic E-state index is 5.40. The van der Waals surface area contributed by atoms with E-state index in [-0.39, 0.29) is 0 Å². The van der Waals surface area contributed by atoms with Crippen LogP contribution in [0.5, 0.6) is 5.88 Å². The fourth-order valence-corrected chi connectivity index (χ4v) is 2.75. The van der Waals surface area contributed by atoms with Gasteiger partial charge in [0, 0.05) is 24.3 Å². The number of piperidine rings is 1. The number of nitrogens with zero attached hydrogens (tertiary/aromatic N) is 2. The lowest BCUT2D eigenvalue weighted by molar-refractivity contribution is 0.111. The van der Waals surface area contributed by atoms with Gasteiger partial charge in [-0.15, -0.1) is 0 Å². The lowest BCUT2D eigenvalue weighted by atomic mass is 9.95.